The highest BCUT2D eigenvalue weighted by Gasteiger charge is 2.35. The minimum atomic E-state index is -3.33. The molecular weight excluding hydrogens is 260 g/mol. The first-order chi connectivity index (χ1) is 8.21. The SMILES string of the molecule is CC(C)(C)OC(=O)NCCONS(=O)(=O)C1CC1. The zero-order valence-corrected chi connectivity index (χ0v) is 11.7. The van der Waals surface area contributed by atoms with Crippen molar-refractivity contribution in [2.75, 3.05) is 13.2 Å². The Hall–Kier alpha value is -0.860. The van der Waals surface area contributed by atoms with E-state index in [-0.39, 0.29) is 18.4 Å². The van der Waals surface area contributed by atoms with E-state index in [9.17, 15) is 13.2 Å². The summed E-state index contributed by atoms with van der Waals surface area (Å²) in [6, 6.07) is 0. The predicted molar refractivity (Wildman–Crippen MR) is 65.3 cm³/mol. The molecule has 1 rings (SSSR count). The monoisotopic (exact) mass is 280 g/mol. The van der Waals surface area contributed by atoms with Gasteiger partial charge in [0.15, 0.2) is 0 Å². The standard InChI is InChI=1S/C10H20N2O5S/c1-10(2,3)17-9(13)11-6-7-16-12-18(14,15)8-4-5-8/h8,12H,4-7H2,1-3H3,(H,11,13). The molecule has 1 saturated carbocycles. The first kappa shape index (κ1) is 15.2. The topological polar surface area (TPSA) is 93.7 Å². The Bertz CT molecular complexity index is 384. The van der Waals surface area contributed by atoms with Gasteiger partial charge < -0.3 is 10.1 Å². The maximum atomic E-state index is 11.3. The van der Waals surface area contributed by atoms with Crippen molar-refractivity contribution in [1.82, 2.24) is 10.2 Å². The summed E-state index contributed by atoms with van der Waals surface area (Å²) in [4.78, 5) is 18.0. The fourth-order valence-corrected chi connectivity index (χ4v) is 2.23. The maximum Gasteiger partial charge on any atom is 0.407 e. The van der Waals surface area contributed by atoms with Gasteiger partial charge in [-0.2, -0.15) is 0 Å². The van der Waals surface area contributed by atoms with Crippen LogP contribution in [0.2, 0.25) is 0 Å². The van der Waals surface area contributed by atoms with E-state index in [2.05, 4.69) is 5.32 Å². The van der Waals surface area contributed by atoms with Crippen molar-refractivity contribution in [3.05, 3.63) is 0 Å². The largest absolute Gasteiger partial charge is 0.444 e. The quantitative estimate of drug-likeness (QED) is 0.546. The molecule has 8 heteroatoms. The summed E-state index contributed by atoms with van der Waals surface area (Å²) < 4.78 is 27.6. The third-order valence-electron chi connectivity index (χ3n) is 2.01. The molecule has 0 aromatic carbocycles. The lowest BCUT2D eigenvalue weighted by Crippen LogP contribution is -2.36. The Kier molecular flexibility index (Phi) is 4.94. The first-order valence-corrected chi connectivity index (χ1v) is 7.34. The molecule has 7 nitrogen and oxygen atoms in total. The predicted octanol–water partition coefficient (Wildman–Crippen LogP) is 0.524. The Balaban J connectivity index is 2.07. The molecule has 1 aliphatic rings. The average molecular weight is 280 g/mol. The van der Waals surface area contributed by atoms with Crippen molar-refractivity contribution in [3.8, 4) is 0 Å². The van der Waals surface area contributed by atoms with Crippen LogP contribution >= 0.6 is 0 Å². The van der Waals surface area contributed by atoms with Crippen molar-refractivity contribution < 1.29 is 22.8 Å². The number of carbonyl (C=O) groups excluding carboxylic acids is 1. The number of carbonyl (C=O) groups is 1. The van der Waals surface area contributed by atoms with Gasteiger partial charge in [0.2, 0.25) is 10.0 Å². The number of hydrogen-bond donors (Lipinski definition) is 2. The third kappa shape index (κ3) is 6.18. The second-order valence-corrected chi connectivity index (χ2v) is 7.03. The van der Waals surface area contributed by atoms with Gasteiger partial charge in [0.25, 0.3) is 0 Å². The summed E-state index contributed by atoms with van der Waals surface area (Å²) in [7, 11) is -3.33. The second kappa shape index (κ2) is 5.85. The van der Waals surface area contributed by atoms with Crippen LogP contribution in [0.3, 0.4) is 0 Å². The van der Waals surface area contributed by atoms with E-state index in [0.29, 0.717) is 12.8 Å². The number of rotatable bonds is 6. The van der Waals surface area contributed by atoms with Crippen LogP contribution in [0.5, 0.6) is 0 Å². The molecule has 1 amide bonds. The molecule has 0 saturated heterocycles. The van der Waals surface area contributed by atoms with Crippen molar-refractivity contribution >= 4 is 16.1 Å². The van der Waals surface area contributed by atoms with E-state index in [0.717, 1.165) is 0 Å². The van der Waals surface area contributed by atoms with Gasteiger partial charge >= 0.3 is 6.09 Å². The zero-order valence-electron chi connectivity index (χ0n) is 10.9. The van der Waals surface area contributed by atoms with Crippen LogP contribution in [0.1, 0.15) is 33.6 Å². The summed E-state index contributed by atoms with van der Waals surface area (Å²) in [6.45, 7) is 5.49. The van der Waals surface area contributed by atoms with E-state index in [1.807, 2.05) is 4.89 Å². The molecule has 0 spiro atoms. The van der Waals surface area contributed by atoms with Crippen LogP contribution in [0, 0.1) is 0 Å². The average Bonchev–Trinajstić information content (AvgIpc) is 2.96. The van der Waals surface area contributed by atoms with Crippen molar-refractivity contribution in [1.29, 1.82) is 0 Å². The van der Waals surface area contributed by atoms with Crippen LogP contribution in [0.25, 0.3) is 0 Å². The van der Waals surface area contributed by atoms with Crippen LogP contribution in [-0.2, 0) is 19.6 Å². The molecule has 106 valence electrons. The Morgan fingerprint density at radius 1 is 1.33 bits per heavy atom. The second-order valence-electron chi connectivity index (χ2n) is 5.10. The summed E-state index contributed by atoms with van der Waals surface area (Å²) >= 11 is 0. The number of alkyl carbamates (subject to hydrolysis) is 1. The summed E-state index contributed by atoms with van der Waals surface area (Å²) in [5.41, 5.74) is -0.557. The van der Waals surface area contributed by atoms with E-state index >= 15 is 0 Å². The van der Waals surface area contributed by atoms with Gasteiger partial charge in [0.1, 0.15) is 5.60 Å². The van der Waals surface area contributed by atoms with E-state index < -0.39 is 21.7 Å². The van der Waals surface area contributed by atoms with E-state index in [1.54, 1.807) is 20.8 Å². The Labute approximate surface area is 107 Å². The minimum absolute atomic E-state index is 0.0468. The first-order valence-electron chi connectivity index (χ1n) is 5.80. The number of sulfonamides is 1. The maximum absolute atomic E-state index is 11.3. The van der Waals surface area contributed by atoms with Gasteiger partial charge in [0, 0.05) is 6.54 Å². The van der Waals surface area contributed by atoms with E-state index in [4.69, 9.17) is 9.57 Å². The Morgan fingerprint density at radius 2 is 1.94 bits per heavy atom. The van der Waals surface area contributed by atoms with E-state index in [1.165, 1.54) is 0 Å². The molecule has 0 aromatic heterocycles. The third-order valence-corrected chi connectivity index (χ3v) is 3.71. The fraction of sp³-hybridized carbons (Fsp3) is 0.900. The fourth-order valence-electron chi connectivity index (χ4n) is 1.09. The molecule has 0 bridgehead atoms. The molecule has 0 atom stereocenters. The van der Waals surface area contributed by atoms with Crippen LogP contribution in [0.4, 0.5) is 4.79 Å². The van der Waals surface area contributed by atoms with Crippen molar-refractivity contribution in [2.45, 2.75) is 44.5 Å². The molecule has 0 unspecified atom stereocenters. The minimum Gasteiger partial charge on any atom is -0.444 e. The van der Waals surface area contributed by atoms with Gasteiger partial charge in [-0.25, -0.2) is 13.2 Å². The van der Waals surface area contributed by atoms with Gasteiger partial charge in [-0.3, -0.25) is 4.84 Å². The molecule has 0 aromatic rings. The highest BCUT2D eigenvalue weighted by Crippen LogP contribution is 2.27. The molecule has 1 aliphatic carbocycles. The smallest absolute Gasteiger partial charge is 0.407 e. The van der Waals surface area contributed by atoms with Gasteiger partial charge in [-0.05, 0) is 33.6 Å². The summed E-state index contributed by atoms with van der Waals surface area (Å²) in [6.07, 6.45) is 0.792. The van der Waals surface area contributed by atoms with Gasteiger partial charge in [-0.1, -0.05) is 4.89 Å². The van der Waals surface area contributed by atoms with Crippen molar-refractivity contribution in [3.63, 3.8) is 0 Å². The Morgan fingerprint density at radius 3 is 2.44 bits per heavy atom. The lowest BCUT2D eigenvalue weighted by molar-refractivity contribution is 0.0477. The molecule has 0 aliphatic heterocycles. The molecule has 18 heavy (non-hydrogen) atoms. The molecule has 1 fully saturated rings. The highest BCUT2D eigenvalue weighted by molar-refractivity contribution is 7.90. The summed E-state index contributed by atoms with van der Waals surface area (Å²) in [5, 5.41) is 2.13. The molecule has 0 heterocycles. The van der Waals surface area contributed by atoms with Gasteiger partial charge in [0.05, 0.1) is 11.9 Å². The van der Waals surface area contributed by atoms with Crippen molar-refractivity contribution in [2.24, 2.45) is 0 Å². The van der Waals surface area contributed by atoms with Gasteiger partial charge in [-0.15, -0.1) is 0 Å². The number of amides is 1. The van der Waals surface area contributed by atoms with Crippen LogP contribution in [-0.4, -0.2) is 38.5 Å². The molecular formula is C10H20N2O5S. The van der Waals surface area contributed by atoms with Crippen LogP contribution < -0.4 is 10.2 Å². The molecule has 2 N–H and O–H groups in total. The summed E-state index contributed by atoms with van der Waals surface area (Å²) in [5.74, 6) is 0. The number of hydrogen-bond acceptors (Lipinski definition) is 5. The molecule has 0 radical (unpaired) electrons. The zero-order chi connectivity index (χ0) is 13.8. The normalized spacial score (nSPS) is 16.4. The number of ether oxygens (including phenoxy) is 1. The highest BCUT2D eigenvalue weighted by atomic mass is 32.2. The lowest BCUT2D eigenvalue weighted by atomic mass is 10.2. The number of nitrogens with one attached hydrogen (secondary N) is 2. The lowest BCUT2D eigenvalue weighted by Gasteiger charge is -2.19. The van der Waals surface area contributed by atoms with Crippen LogP contribution in [0.15, 0.2) is 0 Å².